The van der Waals surface area contributed by atoms with Crippen molar-refractivity contribution in [1.29, 1.82) is 0 Å². The molecular weight excluding hydrogens is 463 g/mol. The van der Waals surface area contributed by atoms with Gasteiger partial charge in [0.05, 0.1) is 18.4 Å². The number of methoxy groups -OCH3 is 1. The summed E-state index contributed by atoms with van der Waals surface area (Å²) in [5.74, 6) is -0.780. The topological polar surface area (TPSA) is 119 Å². The Balaban J connectivity index is 1.61. The van der Waals surface area contributed by atoms with Gasteiger partial charge < -0.3 is 21.1 Å². The van der Waals surface area contributed by atoms with Crippen LogP contribution < -0.4 is 21.1 Å². The number of amides is 1. The predicted octanol–water partition coefficient (Wildman–Crippen LogP) is 3.55. The lowest BCUT2D eigenvalue weighted by atomic mass is 10.1. The van der Waals surface area contributed by atoms with Crippen LogP contribution in [0.3, 0.4) is 0 Å². The number of ether oxygens (including phenoxy) is 1. The number of nitrogens with one attached hydrogen (secondary N) is 2. The summed E-state index contributed by atoms with van der Waals surface area (Å²) in [5.41, 5.74) is 6.69. The van der Waals surface area contributed by atoms with Crippen LogP contribution in [0.5, 0.6) is 5.88 Å². The number of benzene rings is 1. The van der Waals surface area contributed by atoms with Gasteiger partial charge in [0.15, 0.2) is 5.82 Å². The second-order valence-corrected chi connectivity index (χ2v) is 7.63. The van der Waals surface area contributed by atoms with Crippen molar-refractivity contribution >= 4 is 22.9 Å². The second-order valence-electron chi connectivity index (χ2n) is 7.63. The molecule has 1 amide bonds. The zero-order valence-corrected chi connectivity index (χ0v) is 18.8. The standard InChI is InChI=1S/C23H22F3N7O2/c1-13-5-3-4-6-17(13)28-7-8-29-21(34)15-9-14(11-30-22(15)35-2)18-10-16(23(24,25)26)19-20(27)31-12-32-33(18)19/h3-6,9-12,28H,7-8H2,1-2H3,(H,29,34)(H2,27,31,32). The molecule has 182 valence electrons. The van der Waals surface area contributed by atoms with Gasteiger partial charge in [-0.25, -0.2) is 14.5 Å². The molecule has 0 aliphatic heterocycles. The number of nitrogens with zero attached hydrogens (tertiary/aromatic N) is 4. The van der Waals surface area contributed by atoms with E-state index < -0.39 is 17.6 Å². The molecule has 0 saturated heterocycles. The van der Waals surface area contributed by atoms with Gasteiger partial charge in [0.2, 0.25) is 5.88 Å². The van der Waals surface area contributed by atoms with Gasteiger partial charge in [-0.05, 0) is 30.7 Å². The summed E-state index contributed by atoms with van der Waals surface area (Å²) in [6.07, 6.45) is -2.33. The Morgan fingerprint density at radius 2 is 1.94 bits per heavy atom. The maximum absolute atomic E-state index is 13.6. The highest BCUT2D eigenvalue weighted by molar-refractivity contribution is 5.97. The van der Waals surface area contributed by atoms with E-state index in [2.05, 4.69) is 25.7 Å². The molecule has 0 radical (unpaired) electrons. The molecule has 35 heavy (non-hydrogen) atoms. The first-order valence-corrected chi connectivity index (χ1v) is 10.5. The number of aryl methyl sites for hydroxylation is 1. The van der Waals surface area contributed by atoms with Crippen molar-refractivity contribution in [2.24, 2.45) is 0 Å². The van der Waals surface area contributed by atoms with Crippen LogP contribution in [0.1, 0.15) is 21.5 Å². The summed E-state index contributed by atoms with van der Waals surface area (Å²) in [6, 6.07) is 10.0. The molecule has 12 heteroatoms. The predicted molar refractivity (Wildman–Crippen MR) is 124 cm³/mol. The van der Waals surface area contributed by atoms with Gasteiger partial charge in [-0.15, -0.1) is 0 Å². The van der Waals surface area contributed by atoms with Gasteiger partial charge in [-0.1, -0.05) is 18.2 Å². The Morgan fingerprint density at radius 1 is 1.17 bits per heavy atom. The van der Waals surface area contributed by atoms with Gasteiger partial charge in [-0.2, -0.15) is 18.3 Å². The molecule has 0 aliphatic rings. The first-order valence-electron chi connectivity index (χ1n) is 10.5. The highest BCUT2D eigenvalue weighted by Gasteiger charge is 2.36. The lowest BCUT2D eigenvalue weighted by Crippen LogP contribution is -2.29. The van der Waals surface area contributed by atoms with Crippen LogP contribution in [-0.2, 0) is 6.18 Å². The van der Waals surface area contributed by atoms with Gasteiger partial charge in [0.1, 0.15) is 17.4 Å². The van der Waals surface area contributed by atoms with Crippen LogP contribution >= 0.6 is 0 Å². The summed E-state index contributed by atoms with van der Waals surface area (Å²) >= 11 is 0. The van der Waals surface area contributed by atoms with Crippen LogP contribution in [0.25, 0.3) is 16.8 Å². The third kappa shape index (κ3) is 4.81. The van der Waals surface area contributed by atoms with Crippen molar-refractivity contribution in [2.75, 3.05) is 31.2 Å². The number of hydrogen-bond donors (Lipinski definition) is 3. The highest BCUT2D eigenvalue weighted by atomic mass is 19.4. The van der Waals surface area contributed by atoms with Crippen molar-refractivity contribution in [3.63, 3.8) is 0 Å². The number of anilines is 2. The van der Waals surface area contributed by atoms with Crippen molar-refractivity contribution in [3.05, 3.63) is 65.6 Å². The maximum atomic E-state index is 13.6. The summed E-state index contributed by atoms with van der Waals surface area (Å²) in [7, 11) is 1.35. The smallest absolute Gasteiger partial charge is 0.418 e. The molecule has 9 nitrogen and oxygen atoms in total. The SMILES string of the molecule is COc1ncc(-c2cc(C(F)(F)F)c3c(N)ncnn23)cc1C(=O)NCCNc1ccccc1C. The number of alkyl halides is 3. The summed E-state index contributed by atoms with van der Waals surface area (Å²) in [6.45, 7) is 2.72. The van der Waals surface area contributed by atoms with Gasteiger partial charge in [0, 0.05) is 30.5 Å². The molecule has 0 atom stereocenters. The quantitative estimate of drug-likeness (QED) is 0.343. The van der Waals surface area contributed by atoms with Crippen LogP contribution in [0.4, 0.5) is 24.7 Å². The minimum atomic E-state index is -4.69. The lowest BCUT2D eigenvalue weighted by Gasteiger charge is -2.12. The van der Waals surface area contributed by atoms with E-state index in [1.165, 1.54) is 19.4 Å². The minimum Gasteiger partial charge on any atom is -0.480 e. The molecule has 3 aromatic heterocycles. The van der Waals surface area contributed by atoms with Crippen molar-refractivity contribution in [2.45, 2.75) is 13.1 Å². The number of fused-ring (bicyclic) bond motifs is 1. The third-order valence-corrected chi connectivity index (χ3v) is 5.34. The lowest BCUT2D eigenvalue weighted by molar-refractivity contribution is -0.136. The van der Waals surface area contributed by atoms with E-state index >= 15 is 0 Å². The molecule has 0 spiro atoms. The zero-order chi connectivity index (χ0) is 25.2. The van der Waals surface area contributed by atoms with E-state index in [1.54, 1.807) is 0 Å². The largest absolute Gasteiger partial charge is 0.480 e. The van der Waals surface area contributed by atoms with Gasteiger partial charge >= 0.3 is 6.18 Å². The number of rotatable bonds is 7. The Hall–Kier alpha value is -4.35. The first-order chi connectivity index (χ1) is 16.7. The van der Waals surface area contributed by atoms with E-state index in [1.807, 2.05) is 31.2 Å². The number of carbonyl (C=O) groups excluding carboxylic acids is 1. The minimum absolute atomic E-state index is 0.0316. The van der Waals surface area contributed by atoms with E-state index in [4.69, 9.17) is 10.5 Å². The summed E-state index contributed by atoms with van der Waals surface area (Å²) < 4.78 is 47.2. The fourth-order valence-electron chi connectivity index (χ4n) is 3.65. The fraction of sp³-hybridized carbons (Fsp3) is 0.217. The van der Waals surface area contributed by atoms with Gasteiger partial charge in [0.25, 0.3) is 5.91 Å². The molecule has 4 N–H and O–H groups in total. The molecule has 0 aliphatic carbocycles. The number of nitrogen functional groups attached to an aromatic ring is 1. The van der Waals surface area contributed by atoms with E-state index in [0.29, 0.717) is 6.54 Å². The van der Waals surface area contributed by atoms with Crippen LogP contribution in [-0.4, -0.2) is 45.7 Å². The maximum Gasteiger partial charge on any atom is 0.418 e. The Kier molecular flexibility index (Phi) is 6.45. The number of hydrogen-bond acceptors (Lipinski definition) is 7. The number of nitrogens with two attached hydrogens (primary N) is 1. The van der Waals surface area contributed by atoms with E-state index in [9.17, 15) is 18.0 Å². The molecule has 1 aromatic carbocycles. The average Bonchev–Trinajstić information content (AvgIpc) is 3.24. The normalized spacial score (nSPS) is 11.5. The summed E-state index contributed by atoms with van der Waals surface area (Å²) in [4.78, 5) is 20.7. The average molecular weight is 485 g/mol. The molecule has 4 aromatic rings. The molecular formula is C23H22F3N7O2. The van der Waals surface area contributed by atoms with E-state index in [0.717, 1.165) is 28.2 Å². The molecule has 0 saturated carbocycles. The highest BCUT2D eigenvalue weighted by Crippen LogP contribution is 2.38. The van der Waals surface area contributed by atoms with Gasteiger partial charge in [-0.3, -0.25) is 4.79 Å². The molecule has 3 heterocycles. The molecule has 4 rings (SSSR count). The number of pyridine rings is 1. The van der Waals surface area contributed by atoms with E-state index in [-0.39, 0.29) is 40.6 Å². The van der Waals surface area contributed by atoms with Crippen LogP contribution in [0.2, 0.25) is 0 Å². The third-order valence-electron chi connectivity index (χ3n) is 5.34. The molecule has 0 fully saturated rings. The van der Waals surface area contributed by atoms with Crippen molar-refractivity contribution < 1.29 is 22.7 Å². The number of aromatic nitrogens is 4. The molecule has 0 unspecified atom stereocenters. The number of carbonyl (C=O) groups is 1. The second kappa shape index (κ2) is 9.49. The van der Waals surface area contributed by atoms with Crippen molar-refractivity contribution in [1.82, 2.24) is 24.9 Å². The number of para-hydroxylation sites is 1. The Bertz CT molecular complexity index is 1390. The van der Waals surface area contributed by atoms with Crippen LogP contribution in [0.15, 0.2) is 48.9 Å². The van der Waals surface area contributed by atoms with Crippen LogP contribution in [0, 0.1) is 6.92 Å². The van der Waals surface area contributed by atoms with Crippen molar-refractivity contribution in [3.8, 4) is 17.1 Å². The Labute approximate surface area is 198 Å². The zero-order valence-electron chi connectivity index (χ0n) is 18.8. The monoisotopic (exact) mass is 485 g/mol. The summed E-state index contributed by atoms with van der Waals surface area (Å²) in [5, 5.41) is 9.92. The Morgan fingerprint density at radius 3 is 2.66 bits per heavy atom. The molecule has 0 bridgehead atoms. The fourth-order valence-corrected chi connectivity index (χ4v) is 3.65. The first kappa shape index (κ1) is 23.8. The number of halogens is 3.